The van der Waals surface area contributed by atoms with Gasteiger partial charge < -0.3 is 9.47 Å². The van der Waals surface area contributed by atoms with Crippen LogP contribution in [-0.2, 0) is 16.0 Å². The molecule has 0 aromatic heterocycles. The maximum absolute atomic E-state index is 13.6. The van der Waals surface area contributed by atoms with Crippen molar-refractivity contribution in [3.63, 3.8) is 0 Å². The van der Waals surface area contributed by atoms with Crippen molar-refractivity contribution in [3.8, 4) is 0 Å². The Labute approximate surface area is 137 Å². The summed E-state index contributed by atoms with van der Waals surface area (Å²) < 4.78 is 24.6. The van der Waals surface area contributed by atoms with Gasteiger partial charge in [0.25, 0.3) is 0 Å². The van der Waals surface area contributed by atoms with E-state index in [9.17, 15) is 4.39 Å². The highest BCUT2D eigenvalue weighted by Gasteiger charge is 2.22. The first-order chi connectivity index (χ1) is 11.3. The zero-order valence-electron chi connectivity index (χ0n) is 12.2. The van der Waals surface area contributed by atoms with Gasteiger partial charge in [0.05, 0.1) is 19.8 Å². The number of hydrogen-bond acceptors (Lipinski definition) is 4. The lowest BCUT2D eigenvalue weighted by atomic mass is 10.2. The third kappa shape index (κ3) is 3.83. The summed E-state index contributed by atoms with van der Waals surface area (Å²) in [5, 5.41) is 3.62. The Hall–Kier alpha value is -2.05. The van der Waals surface area contributed by atoms with Crippen LogP contribution in [0.4, 0.5) is 4.39 Å². The van der Waals surface area contributed by atoms with E-state index in [-0.39, 0.29) is 12.4 Å². The molecule has 2 aromatic carbocycles. The average Bonchev–Trinajstić information content (AvgIpc) is 3.10. The second kappa shape index (κ2) is 7.48. The predicted molar refractivity (Wildman–Crippen MR) is 84.5 cm³/mol. The normalized spacial score (nSPS) is 14.7. The Morgan fingerprint density at radius 3 is 2.74 bits per heavy atom. The molecule has 0 radical (unpaired) electrons. The minimum absolute atomic E-state index is 0.270. The second-order valence-corrected chi connectivity index (χ2v) is 5.94. The number of halogens is 1. The van der Waals surface area contributed by atoms with Gasteiger partial charge in [0, 0.05) is 20.3 Å². The van der Waals surface area contributed by atoms with Gasteiger partial charge in [-0.1, -0.05) is 35.1 Å². The van der Waals surface area contributed by atoms with E-state index in [4.69, 9.17) is 15.0 Å². The molecule has 0 spiro atoms. The van der Waals surface area contributed by atoms with E-state index in [1.807, 2.05) is 24.3 Å². The maximum Gasteiger partial charge on any atom is 0.185 e. The topological polar surface area (TPSA) is 67.2 Å². The van der Waals surface area contributed by atoms with Gasteiger partial charge in [-0.25, -0.2) is 4.39 Å². The highest BCUT2D eigenvalue weighted by molar-refractivity contribution is 7.99. The van der Waals surface area contributed by atoms with Crippen LogP contribution in [0.2, 0.25) is 0 Å². The summed E-state index contributed by atoms with van der Waals surface area (Å²) in [6.07, 6.45) is -0.544. The van der Waals surface area contributed by atoms with Crippen LogP contribution in [0.15, 0.2) is 57.4 Å². The molecule has 2 aromatic rings. The highest BCUT2D eigenvalue weighted by atomic mass is 32.2. The zero-order valence-corrected chi connectivity index (χ0v) is 13.0. The van der Waals surface area contributed by atoms with E-state index in [0.29, 0.717) is 18.8 Å². The first-order valence-corrected chi connectivity index (χ1v) is 7.89. The molecule has 1 aliphatic heterocycles. The Bertz CT molecular complexity index is 744. The third-order valence-corrected chi connectivity index (χ3v) is 4.55. The molecule has 0 unspecified atom stereocenters. The van der Waals surface area contributed by atoms with Crippen LogP contribution in [0.3, 0.4) is 0 Å². The Balaban J connectivity index is 1.92. The van der Waals surface area contributed by atoms with E-state index in [0.717, 1.165) is 15.4 Å². The van der Waals surface area contributed by atoms with E-state index in [1.54, 1.807) is 6.07 Å². The summed E-state index contributed by atoms with van der Waals surface area (Å²) in [4.78, 5) is 4.60. The lowest BCUT2D eigenvalue weighted by Crippen LogP contribution is -2.01. The van der Waals surface area contributed by atoms with Crippen molar-refractivity contribution in [3.05, 3.63) is 69.9 Å². The second-order valence-electron chi connectivity index (χ2n) is 4.85. The van der Waals surface area contributed by atoms with Gasteiger partial charge in [-0.15, -0.1) is 0 Å². The number of ether oxygens (including phenoxy) is 2. The van der Waals surface area contributed by atoms with E-state index in [1.165, 1.54) is 23.9 Å². The monoisotopic (exact) mass is 331 g/mol. The minimum Gasteiger partial charge on any atom is -0.346 e. The molecule has 1 fully saturated rings. The molecule has 0 N–H and O–H groups in total. The minimum atomic E-state index is -0.544. The summed E-state index contributed by atoms with van der Waals surface area (Å²) in [6, 6.07) is 12.2. The molecule has 5 nitrogen and oxygen atoms in total. The molecule has 118 valence electrons. The van der Waals surface area contributed by atoms with E-state index in [2.05, 4.69) is 10.0 Å². The molecule has 0 bridgehead atoms. The molecule has 7 heteroatoms. The number of nitrogens with zero attached hydrogens (tertiary/aromatic N) is 3. The van der Waals surface area contributed by atoms with Crippen molar-refractivity contribution in [2.24, 2.45) is 5.11 Å². The molecular weight excluding hydrogens is 317 g/mol. The molecule has 1 aliphatic rings. The van der Waals surface area contributed by atoms with Crippen LogP contribution in [0.25, 0.3) is 10.4 Å². The molecule has 1 heterocycles. The number of azide groups is 1. The Kier molecular flexibility index (Phi) is 5.15. The van der Waals surface area contributed by atoms with Crippen LogP contribution in [0.1, 0.15) is 17.4 Å². The largest absolute Gasteiger partial charge is 0.346 e. The van der Waals surface area contributed by atoms with Crippen LogP contribution < -0.4 is 0 Å². The fraction of sp³-hybridized carbons (Fsp3) is 0.250. The van der Waals surface area contributed by atoms with E-state index < -0.39 is 6.29 Å². The molecule has 0 saturated carbocycles. The molecule has 0 amide bonds. The first-order valence-electron chi connectivity index (χ1n) is 7.07. The quantitative estimate of drug-likeness (QED) is 0.447. The van der Waals surface area contributed by atoms with Crippen molar-refractivity contribution < 1.29 is 13.9 Å². The summed E-state index contributed by atoms with van der Waals surface area (Å²) in [7, 11) is 0. The van der Waals surface area contributed by atoms with Crippen molar-refractivity contribution in [1.82, 2.24) is 0 Å². The maximum atomic E-state index is 13.6. The Morgan fingerprint density at radius 2 is 1.96 bits per heavy atom. The standard InChI is InChI=1S/C16H14FN3O2S/c17-12-5-6-15(13(9-12)16-21-7-8-22-16)23-14-4-2-1-3-11(14)10-19-20-18/h1-6,9,16H,7-8,10H2. The van der Waals surface area contributed by atoms with Gasteiger partial charge in [0.15, 0.2) is 6.29 Å². The fourth-order valence-corrected chi connectivity index (χ4v) is 3.35. The lowest BCUT2D eigenvalue weighted by molar-refractivity contribution is -0.0462. The highest BCUT2D eigenvalue weighted by Crippen LogP contribution is 2.38. The van der Waals surface area contributed by atoms with Crippen LogP contribution in [0.5, 0.6) is 0 Å². The lowest BCUT2D eigenvalue weighted by Gasteiger charge is -2.15. The van der Waals surface area contributed by atoms with Crippen molar-refractivity contribution in [2.75, 3.05) is 13.2 Å². The van der Waals surface area contributed by atoms with Crippen LogP contribution in [-0.4, -0.2) is 13.2 Å². The summed E-state index contributed by atoms with van der Waals surface area (Å²) in [6.45, 7) is 1.27. The summed E-state index contributed by atoms with van der Waals surface area (Å²) >= 11 is 1.48. The van der Waals surface area contributed by atoms with Crippen LogP contribution in [0, 0.1) is 5.82 Å². The van der Waals surface area contributed by atoms with Gasteiger partial charge in [-0.3, -0.25) is 0 Å². The number of benzene rings is 2. The van der Waals surface area contributed by atoms with Gasteiger partial charge in [0.1, 0.15) is 5.82 Å². The molecule has 0 aliphatic carbocycles. The molecule has 23 heavy (non-hydrogen) atoms. The van der Waals surface area contributed by atoms with Crippen molar-refractivity contribution in [1.29, 1.82) is 0 Å². The molecule has 0 atom stereocenters. The first kappa shape index (κ1) is 15.8. The number of hydrogen-bond donors (Lipinski definition) is 0. The van der Waals surface area contributed by atoms with Gasteiger partial charge in [-0.2, -0.15) is 0 Å². The van der Waals surface area contributed by atoms with Crippen LogP contribution >= 0.6 is 11.8 Å². The number of rotatable bonds is 5. The van der Waals surface area contributed by atoms with Crippen molar-refractivity contribution in [2.45, 2.75) is 22.6 Å². The molecular formula is C16H14FN3O2S. The predicted octanol–water partition coefficient (Wildman–Crippen LogP) is 4.83. The summed E-state index contributed by atoms with van der Waals surface area (Å²) in [5.41, 5.74) is 10.1. The molecule has 3 rings (SSSR count). The zero-order chi connectivity index (χ0) is 16.1. The van der Waals surface area contributed by atoms with Gasteiger partial charge >= 0.3 is 0 Å². The van der Waals surface area contributed by atoms with E-state index >= 15 is 0 Å². The SMILES string of the molecule is [N-]=[N+]=NCc1ccccc1Sc1ccc(F)cc1C1OCCO1. The smallest absolute Gasteiger partial charge is 0.185 e. The fourth-order valence-electron chi connectivity index (χ4n) is 2.29. The van der Waals surface area contributed by atoms with Gasteiger partial charge in [-0.05, 0) is 35.4 Å². The van der Waals surface area contributed by atoms with Crippen molar-refractivity contribution >= 4 is 11.8 Å². The Morgan fingerprint density at radius 1 is 1.17 bits per heavy atom. The summed E-state index contributed by atoms with van der Waals surface area (Å²) in [5.74, 6) is -0.328. The molecule has 1 saturated heterocycles. The third-order valence-electron chi connectivity index (χ3n) is 3.34. The van der Waals surface area contributed by atoms with Gasteiger partial charge in [0.2, 0.25) is 0 Å². The average molecular weight is 331 g/mol.